The van der Waals surface area contributed by atoms with Crippen LogP contribution in [0.2, 0.25) is 0 Å². The van der Waals surface area contributed by atoms with Crippen molar-refractivity contribution in [3.63, 3.8) is 0 Å². The lowest BCUT2D eigenvalue weighted by Crippen LogP contribution is -2.16. The van der Waals surface area contributed by atoms with Gasteiger partial charge < -0.3 is 10.1 Å². The number of hydrogen-bond acceptors (Lipinski definition) is 2. The van der Waals surface area contributed by atoms with E-state index in [-0.39, 0.29) is 6.04 Å². The molecule has 0 radical (unpaired) electrons. The van der Waals surface area contributed by atoms with Crippen LogP contribution in [-0.2, 0) is 0 Å². The predicted molar refractivity (Wildman–Crippen MR) is 66.8 cm³/mol. The molecule has 1 unspecified atom stereocenters. The lowest BCUT2D eigenvalue weighted by molar-refractivity contribution is 0.414. The van der Waals surface area contributed by atoms with E-state index in [4.69, 9.17) is 16.3 Å². The molecule has 16 heavy (non-hydrogen) atoms. The van der Waals surface area contributed by atoms with Gasteiger partial charge >= 0.3 is 0 Å². The summed E-state index contributed by atoms with van der Waals surface area (Å²) in [4.78, 5) is 0. The van der Waals surface area contributed by atoms with Gasteiger partial charge in [-0.25, -0.2) is 0 Å². The summed E-state index contributed by atoms with van der Waals surface area (Å²) in [5.41, 5.74) is 2.34. The van der Waals surface area contributed by atoms with Crippen LogP contribution in [0.5, 0.6) is 5.75 Å². The number of benzene rings is 1. The van der Waals surface area contributed by atoms with Crippen LogP contribution in [0.25, 0.3) is 0 Å². The van der Waals surface area contributed by atoms with Gasteiger partial charge in [0, 0.05) is 5.88 Å². The zero-order valence-corrected chi connectivity index (χ0v) is 9.87. The molecule has 0 aromatic heterocycles. The molecule has 1 N–H and O–H groups in total. The Morgan fingerprint density at radius 1 is 1.31 bits per heavy atom. The fourth-order valence-electron chi connectivity index (χ4n) is 1.67. The number of ether oxygens (including phenoxy) is 1. The van der Waals surface area contributed by atoms with E-state index in [1.54, 1.807) is 7.11 Å². The first-order valence-corrected chi connectivity index (χ1v) is 5.70. The highest BCUT2D eigenvalue weighted by molar-refractivity contribution is 6.19. The molecule has 2 nitrogen and oxygen atoms in total. The number of dihydropyridines is 1. The lowest BCUT2D eigenvalue weighted by Gasteiger charge is -2.18. The normalized spacial score (nSPS) is 18.9. The minimum Gasteiger partial charge on any atom is -0.497 e. The first-order chi connectivity index (χ1) is 7.83. The van der Waals surface area contributed by atoms with Gasteiger partial charge in [0.2, 0.25) is 0 Å². The topological polar surface area (TPSA) is 21.3 Å². The molecule has 0 fully saturated rings. The molecule has 1 aliphatic rings. The van der Waals surface area contributed by atoms with Crippen LogP contribution < -0.4 is 10.1 Å². The third-order valence-corrected chi connectivity index (χ3v) is 2.89. The third-order valence-electron chi connectivity index (χ3n) is 2.58. The van der Waals surface area contributed by atoms with Crippen molar-refractivity contribution in [3.05, 3.63) is 53.8 Å². The summed E-state index contributed by atoms with van der Waals surface area (Å²) >= 11 is 5.81. The van der Waals surface area contributed by atoms with E-state index >= 15 is 0 Å². The van der Waals surface area contributed by atoms with Crippen molar-refractivity contribution in [2.45, 2.75) is 6.04 Å². The van der Waals surface area contributed by atoms with Crippen LogP contribution >= 0.6 is 11.6 Å². The number of allylic oxidation sites excluding steroid dienone is 2. The molecule has 1 aliphatic heterocycles. The summed E-state index contributed by atoms with van der Waals surface area (Å²) in [7, 11) is 1.67. The average Bonchev–Trinajstić information content (AvgIpc) is 2.39. The highest BCUT2D eigenvalue weighted by Gasteiger charge is 2.10. The van der Waals surface area contributed by atoms with Gasteiger partial charge in [0.25, 0.3) is 0 Å². The summed E-state index contributed by atoms with van der Waals surface area (Å²) in [5, 5.41) is 3.28. The highest BCUT2D eigenvalue weighted by atomic mass is 35.5. The van der Waals surface area contributed by atoms with Crippen LogP contribution in [0, 0.1) is 0 Å². The van der Waals surface area contributed by atoms with Crippen LogP contribution in [-0.4, -0.2) is 13.0 Å². The second-order valence-electron chi connectivity index (χ2n) is 3.63. The molecule has 2 rings (SSSR count). The molecule has 1 aromatic rings. The SMILES string of the molecule is COc1ccc(C2C=C(CCl)C=CN2)cc1. The second kappa shape index (κ2) is 5.08. The van der Waals surface area contributed by atoms with Crippen LogP contribution in [0.1, 0.15) is 11.6 Å². The lowest BCUT2D eigenvalue weighted by atomic mass is 10.0. The summed E-state index contributed by atoms with van der Waals surface area (Å²) < 4.78 is 5.13. The van der Waals surface area contributed by atoms with Gasteiger partial charge in [-0.15, -0.1) is 11.6 Å². The van der Waals surface area contributed by atoms with Gasteiger partial charge in [-0.2, -0.15) is 0 Å². The first-order valence-electron chi connectivity index (χ1n) is 5.16. The maximum Gasteiger partial charge on any atom is 0.118 e. The zero-order valence-electron chi connectivity index (χ0n) is 9.11. The minimum absolute atomic E-state index is 0.199. The van der Waals surface area contributed by atoms with Gasteiger partial charge in [0.05, 0.1) is 13.2 Å². The number of halogens is 1. The Morgan fingerprint density at radius 3 is 2.69 bits per heavy atom. The Bertz CT molecular complexity index is 408. The van der Waals surface area contributed by atoms with Gasteiger partial charge in [-0.05, 0) is 35.5 Å². The van der Waals surface area contributed by atoms with E-state index in [1.165, 1.54) is 5.56 Å². The van der Waals surface area contributed by atoms with E-state index < -0.39 is 0 Å². The van der Waals surface area contributed by atoms with Crippen molar-refractivity contribution in [1.82, 2.24) is 5.32 Å². The van der Waals surface area contributed by atoms with Crippen molar-refractivity contribution in [1.29, 1.82) is 0 Å². The quantitative estimate of drug-likeness (QED) is 0.814. The van der Waals surface area contributed by atoms with Crippen LogP contribution in [0.15, 0.2) is 48.2 Å². The summed E-state index contributed by atoms with van der Waals surface area (Å²) in [6, 6.07) is 8.23. The minimum atomic E-state index is 0.199. The molecule has 84 valence electrons. The van der Waals surface area contributed by atoms with Gasteiger partial charge in [-0.3, -0.25) is 0 Å². The van der Waals surface area contributed by atoms with Gasteiger partial charge in [0.1, 0.15) is 5.75 Å². The van der Waals surface area contributed by atoms with E-state index in [0.29, 0.717) is 5.88 Å². The molecule has 3 heteroatoms. The number of methoxy groups -OCH3 is 1. The van der Waals surface area contributed by atoms with E-state index in [0.717, 1.165) is 11.3 Å². The van der Waals surface area contributed by atoms with E-state index in [1.807, 2.05) is 24.4 Å². The monoisotopic (exact) mass is 235 g/mol. The molecule has 0 bridgehead atoms. The zero-order chi connectivity index (χ0) is 11.4. The fraction of sp³-hybridized carbons (Fsp3) is 0.231. The maximum absolute atomic E-state index is 5.81. The van der Waals surface area contributed by atoms with Crippen LogP contribution in [0.3, 0.4) is 0 Å². The molecular formula is C13H14ClNO. The fourth-order valence-corrected chi connectivity index (χ4v) is 1.85. The van der Waals surface area contributed by atoms with Gasteiger partial charge in [0.15, 0.2) is 0 Å². The molecule has 0 amide bonds. The van der Waals surface area contributed by atoms with Crippen molar-refractivity contribution in [2.75, 3.05) is 13.0 Å². The van der Waals surface area contributed by atoms with E-state index in [9.17, 15) is 0 Å². The molecule has 0 saturated carbocycles. The molecule has 1 atom stereocenters. The standard InChI is InChI=1S/C13H14ClNO/c1-16-12-4-2-11(3-5-12)13-8-10(9-14)6-7-15-13/h2-8,13,15H,9H2,1H3. The van der Waals surface area contributed by atoms with Gasteiger partial charge in [-0.1, -0.05) is 18.2 Å². The van der Waals surface area contributed by atoms with Crippen molar-refractivity contribution >= 4 is 11.6 Å². The Morgan fingerprint density at radius 2 is 2.06 bits per heavy atom. The summed E-state index contributed by atoms with van der Waals surface area (Å²) in [6.07, 6.45) is 6.06. The Balaban J connectivity index is 2.18. The average molecular weight is 236 g/mol. The Hall–Kier alpha value is -1.41. The maximum atomic E-state index is 5.81. The summed E-state index contributed by atoms with van der Waals surface area (Å²) in [5.74, 6) is 1.42. The van der Waals surface area contributed by atoms with Crippen molar-refractivity contribution in [2.24, 2.45) is 0 Å². The first kappa shape index (κ1) is 11.1. The summed E-state index contributed by atoms with van der Waals surface area (Å²) in [6.45, 7) is 0. The third kappa shape index (κ3) is 2.39. The van der Waals surface area contributed by atoms with Crippen molar-refractivity contribution < 1.29 is 4.74 Å². The Labute approximate surface area is 101 Å². The highest BCUT2D eigenvalue weighted by Crippen LogP contribution is 2.22. The molecule has 1 heterocycles. The van der Waals surface area contributed by atoms with Crippen LogP contribution in [0.4, 0.5) is 0 Å². The number of hydrogen-bond donors (Lipinski definition) is 1. The molecule has 0 spiro atoms. The Kier molecular flexibility index (Phi) is 3.52. The molecule has 1 aromatic carbocycles. The molecular weight excluding hydrogens is 222 g/mol. The predicted octanol–water partition coefficient (Wildman–Crippen LogP) is 3.02. The van der Waals surface area contributed by atoms with Crippen molar-refractivity contribution in [3.8, 4) is 5.75 Å². The largest absolute Gasteiger partial charge is 0.497 e. The number of nitrogens with one attached hydrogen (secondary N) is 1. The second-order valence-corrected chi connectivity index (χ2v) is 3.89. The molecule has 0 aliphatic carbocycles. The van der Waals surface area contributed by atoms with E-state index in [2.05, 4.69) is 23.5 Å². The smallest absolute Gasteiger partial charge is 0.118 e. The number of rotatable bonds is 3. The number of alkyl halides is 1. The molecule has 0 saturated heterocycles.